The van der Waals surface area contributed by atoms with Gasteiger partial charge < -0.3 is 10.6 Å². The molecule has 1 fully saturated rings. The molecule has 0 radical (unpaired) electrons. The maximum atomic E-state index is 11.8. The summed E-state index contributed by atoms with van der Waals surface area (Å²) in [5.41, 5.74) is 7.92. The number of amides is 2. The molecule has 1 unspecified atom stereocenters. The summed E-state index contributed by atoms with van der Waals surface area (Å²) in [6.07, 6.45) is 2.16. The van der Waals surface area contributed by atoms with Crippen molar-refractivity contribution in [2.45, 2.75) is 19.3 Å². The summed E-state index contributed by atoms with van der Waals surface area (Å²) in [5.74, 6) is -0.454. The highest BCUT2D eigenvalue weighted by Crippen LogP contribution is 2.37. The van der Waals surface area contributed by atoms with Crippen molar-refractivity contribution in [2.75, 3.05) is 13.1 Å². The number of aromatic nitrogens is 1. The van der Waals surface area contributed by atoms with Crippen molar-refractivity contribution in [2.24, 2.45) is 5.73 Å². The highest BCUT2D eigenvalue weighted by atomic mass is 32.1. The van der Waals surface area contributed by atoms with Crippen LogP contribution in [-0.2, 0) is 4.79 Å². The molecule has 0 spiro atoms. The second-order valence-corrected chi connectivity index (χ2v) is 6.96. The second-order valence-electron chi connectivity index (χ2n) is 5.93. The fourth-order valence-electron chi connectivity index (χ4n) is 2.87. The first kappa shape index (κ1) is 16.4. The highest BCUT2D eigenvalue weighted by molar-refractivity contribution is 7.15. The number of likely N-dealkylation sites (tertiary alicyclic amines) is 1. The number of carbonyl (C=O) groups excluding carboxylic acids is 2. The van der Waals surface area contributed by atoms with E-state index in [4.69, 9.17) is 5.73 Å². The van der Waals surface area contributed by atoms with E-state index in [9.17, 15) is 9.59 Å². The van der Waals surface area contributed by atoms with Crippen molar-refractivity contribution in [1.29, 1.82) is 0 Å². The van der Waals surface area contributed by atoms with Crippen LogP contribution in [0.25, 0.3) is 10.4 Å². The lowest BCUT2D eigenvalue weighted by atomic mass is 10.1. The summed E-state index contributed by atoms with van der Waals surface area (Å²) in [6, 6.07) is 7.95. The summed E-state index contributed by atoms with van der Waals surface area (Å²) in [7, 11) is 0. The molecule has 124 valence electrons. The van der Waals surface area contributed by atoms with Crippen LogP contribution in [0.15, 0.2) is 36.9 Å². The SMILES string of the molecule is C=CC(=O)N1CCC(c2nc(C(N)=O)c(-c3ccc(C)cc3)s2)C1. The van der Waals surface area contributed by atoms with Crippen LogP contribution in [0, 0.1) is 6.92 Å². The van der Waals surface area contributed by atoms with E-state index in [0.717, 1.165) is 27.4 Å². The molecule has 1 saturated heterocycles. The third-order valence-electron chi connectivity index (χ3n) is 4.21. The maximum Gasteiger partial charge on any atom is 0.268 e. The Morgan fingerprint density at radius 1 is 1.38 bits per heavy atom. The zero-order valence-corrected chi connectivity index (χ0v) is 14.3. The normalized spacial score (nSPS) is 17.0. The van der Waals surface area contributed by atoms with E-state index in [1.54, 1.807) is 4.90 Å². The van der Waals surface area contributed by atoms with Gasteiger partial charge in [0.15, 0.2) is 0 Å². The van der Waals surface area contributed by atoms with E-state index in [2.05, 4.69) is 11.6 Å². The molecule has 3 rings (SSSR count). The van der Waals surface area contributed by atoms with Crippen LogP contribution in [0.1, 0.15) is 33.4 Å². The molecule has 1 atom stereocenters. The average Bonchev–Trinajstić information content (AvgIpc) is 3.21. The van der Waals surface area contributed by atoms with Crippen LogP contribution >= 0.6 is 11.3 Å². The molecule has 5 nitrogen and oxygen atoms in total. The van der Waals surface area contributed by atoms with E-state index in [1.807, 2.05) is 31.2 Å². The van der Waals surface area contributed by atoms with Crippen molar-refractivity contribution in [3.8, 4) is 10.4 Å². The number of benzene rings is 1. The molecule has 1 aliphatic heterocycles. The predicted molar refractivity (Wildman–Crippen MR) is 94.9 cm³/mol. The van der Waals surface area contributed by atoms with Crippen LogP contribution in [0.3, 0.4) is 0 Å². The lowest BCUT2D eigenvalue weighted by Gasteiger charge is -2.12. The number of nitrogens with zero attached hydrogens (tertiary/aromatic N) is 2. The Morgan fingerprint density at radius 3 is 2.71 bits per heavy atom. The zero-order valence-electron chi connectivity index (χ0n) is 13.5. The van der Waals surface area contributed by atoms with Crippen LogP contribution in [-0.4, -0.2) is 34.8 Å². The molecule has 0 aliphatic carbocycles. The Hall–Kier alpha value is -2.47. The van der Waals surface area contributed by atoms with Crippen molar-refractivity contribution >= 4 is 23.2 Å². The number of nitrogens with two attached hydrogens (primary N) is 1. The van der Waals surface area contributed by atoms with Gasteiger partial charge in [-0.2, -0.15) is 0 Å². The largest absolute Gasteiger partial charge is 0.364 e. The van der Waals surface area contributed by atoms with Gasteiger partial charge in [-0.05, 0) is 25.0 Å². The molecule has 2 N–H and O–H groups in total. The molecule has 6 heteroatoms. The number of carbonyl (C=O) groups is 2. The van der Waals surface area contributed by atoms with Crippen molar-refractivity contribution in [3.63, 3.8) is 0 Å². The standard InChI is InChI=1S/C18H19N3O2S/c1-3-14(22)21-9-8-13(10-21)18-20-15(17(19)23)16(24-18)12-6-4-11(2)5-7-12/h3-7,13H,1,8-10H2,2H3,(H2,19,23). The van der Waals surface area contributed by atoms with E-state index in [0.29, 0.717) is 18.8 Å². The summed E-state index contributed by atoms with van der Waals surface area (Å²) in [4.78, 5) is 30.6. The van der Waals surface area contributed by atoms with Gasteiger partial charge in [0.25, 0.3) is 5.91 Å². The van der Waals surface area contributed by atoms with Crippen molar-refractivity contribution in [1.82, 2.24) is 9.88 Å². The molecule has 2 amide bonds. The molecule has 1 aromatic carbocycles. The topological polar surface area (TPSA) is 76.3 Å². The highest BCUT2D eigenvalue weighted by Gasteiger charge is 2.30. The molecule has 2 aromatic rings. The minimum absolute atomic E-state index is 0.0667. The Bertz CT molecular complexity index is 795. The maximum absolute atomic E-state index is 11.8. The Labute approximate surface area is 144 Å². The molecular formula is C18H19N3O2S. The Kier molecular flexibility index (Phi) is 4.49. The fourth-order valence-corrected chi connectivity index (χ4v) is 4.07. The Balaban J connectivity index is 1.92. The molecule has 0 bridgehead atoms. The van der Waals surface area contributed by atoms with Gasteiger partial charge in [0.2, 0.25) is 5.91 Å². The quantitative estimate of drug-likeness (QED) is 0.869. The van der Waals surface area contributed by atoms with Crippen molar-refractivity contribution < 1.29 is 9.59 Å². The zero-order chi connectivity index (χ0) is 17.3. The van der Waals surface area contributed by atoms with E-state index < -0.39 is 5.91 Å². The van der Waals surface area contributed by atoms with Gasteiger partial charge in [0, 0.05) is 19.0 Å². The third-order valence-corrected chi connectivity index (χ3v) is 5.48. The van der Waals surface area contributed by atoms with E-state index in [1.165, 1.54) is 17.4 Å². The number of hydrogen-bond acceptors (Lipinski definition) is 4. The Morgan fingerprint density at radius 2 is 2.08 bits per heavy atom. The number of hydrogen-bond donors (Lipinski definition) is 1. The van der Waals surface area contributed by atoms with Gasteiger partial charge in [-0.3, -0.25) is 9.59 Å². The second kappa shape index (κ2) is 6.57. The summed E-state index contributed by atoms with van der Waals surface area (Å²) in [5, 5.41) is 0.860. The van der Waals surface area contributed by atoms with Crippen molar-refractivity contribution in [3.05, 3.63) is 53.2 Å². The minimum Gasteiger partial charge on any atom is -0.364 e. The molecule has 1 aromatic heterocycles. The summed E-state index contributed by atoms with van der Waals surface area (Å²) >= 11 is 1.49. The van der Waals surface area contributed by atoms with Gasteiger partial charge in [0.1, 0.15) is 5.69 Å². The van der Waals surface area contributed by atoms with Gasteiger partial charge in [-0.25, -0.2) is 4.98 Å². The monoisotopic (exact) mass is 341 g/mol. The summed E-state index contributed by atoms with van der Waals surface area (Å²) < 4.78 is 0. The molecule has 0 saturated carbocycles. The van der Waals surface area contributed by atoms with Crippen LogP contribution in [0.2, 0.25) is 0 Å². The van der Waals surface area contributed by atoms with Gasteiger partial charge in [-0.15, -0.1) is 11.3 Å². The molecule has 1 aliphatic rings. The number of primary amides is 1. The van der Waals surface area contributed by atoms with Crippen LogP contribution < -0.4 is 5.73 Å². The molecule has 2 heterocycles. The summed E-state index contributed by atoms with van der Waals surface area (Å²) in [6.45, 7) is 6.82. The van der Waals surface area contributed by atoms with E-state index >= 15 is 0 Å². The minimum atomic E-state index is -0.523. The number of thiazole rings is 1. The number of aryl methyl sites for hydroxylation is 1. The fraction of sp³-hybridized carbons (Fsp3) is 0.278. The van der Waals surface area contributed by atoms with Crippen LogP contribution in [0.5, 0.6) is 0 Å². The van der Waals surface area contributed by atoms with Gasteiger partial charge in [-0.1, -0.05) is 36.4 Å². The predicted octanol–water partition coefficient (Wildman–Crippen LogP) is 2.72. The average molecular weight is 341 g/mol. The van der Waals surface area contributed by atoms with Gasteiger partial charge >= 0.3 is 0 Å². The van der Waals surface area contributed by atoms with Gasteiger partial charge in [0.05, 0.1) is 9.88 Å². The first-order chi connectivity index (χ1) is 11.5. The molecular weight excluding hydrogens is 322 g/mol. The van der Waals surface area contributed by atoms with Crippen LogP contribution in [0.4, 0.5) is 0 Å². The first-order valence-corrected chi connectivity index (χ1v) is 8.60. The lowest BCUT2D eigenvalue weighted by molar-refractivity contribution is -0.125. The third kappa shape index (κ3) is 3.10. The first-order valence-electron chi connectivity index (χ1n) is 7.78. The molecule has 24 heavy (non-hydrogen) atoms. The number of rotatable bonds is 4. The lowest BCUT2D eigenvalue weighted by Crippen LogP contribution is -2.26. The van der Waals surface area contributed by atoms with E-state index in [-0.39, 0.29) is 11.8 Å². The smallest absolute Gasteiger partial charge is 0.268 e.